The number of pyridine rings is 1. The van der Waals surface area contributed by atoms with Crippen molar-refractivity contribution in [3.8, 4) is 17.3 Å². The predicted molar refractivity (Wildman–Crippen MR) is 304 cm³/mol. The van der Waals surface area contributed by atoms with Crippen LogP contribution in [0.1, 0.15) is 129 Å². The summed E-state index contributed by atoms with van der Waals surface area (Å²) in [7, 11) is 0. The van der Waals surface area contributed by atoms with Gasteiger partial charge in [-0.3, -0.25) is 0 Å². The Labute approximate surface area is 450 Å². The van der Waals surface area contributed by atoms with Crippen molar-refractivity contribution in [2.75, 3.05) is 9.80 Å². The SMILES string of the molecule is CC(C)(C)c1ccnc(-n2c3[c-]c(Oc4[c-]c(N5[CH-]N(c6cc(C(C)(C)c7ccccc7)cc(C(C)(C)c7ccccc7)c6)c6cc(C(C)(C)C)ccc65)ccc4)ccc3c3cc(C(C)(C)C)ccc32)c1.[CH3-].[Pt+4]. The van der Waals surface area contributed by atoms with E-state index in [9.17, 15) is 0 Å². The molecule has 0 fully saturated rings. The van der Waals surface area contributed by atoms with Crippen molar-refractivity contribution in [2.45, 2.75) is 117 Å². The summed E-state index contributed by atoms with van der Waals surface area (Å²) in [6, 6.07) is 64.7. The summed E-state index contributed by atoms with van der Waals surface area (Å²) in [5, 5.41) is 2.27. The van der Waals surface area contributed by atoms with Crippen LogP contribution in [-0.4, -0.2) is 9.55 Å². The topological polar surface area (TPSA) is 33.5 Å². The van der Waals surface area contributed by atoms with Gasteiger partial charge in [0, 0.05) is 51.1 Å². The first kappa shape index (κ1) is 52.9. The van der Waals surface area contributed by atoms with Crippen molar-refractivity contribution < 1.29 is 25.8 Å². The van der Waals surface area contributed by atoms with E-state index in [0.29, 0.717) is 11.5 Å². The third-order valence-corrected chi connectivity index (χ3v) is 14.8. The molecule has 0 aliphatic carbocycles. The zero-order chi connectivity index (χ0) is 50.3. The molecule has 0 saturated carbocycles. The van der Waals surface area contributed by atoms with Gasteiger partial charge in [-0.1, -0.05) is 180 Å². The normalized spacial score (nSPS) is 13.2. The van der Waals surface area contributed by atoms with Crippen molar-refractivity contribution in [1.29, 1.82) is 0 Å². The fourth-order valence-electron chi connectivity index (χ4n) is 9.99. The monoisotopic (exact) mass is 1140 g/mol. The molecule has 0 radical (unpaired) electrons. The van der Waals surface area contributed by atoms with Crippen LogP contribution in [0.2, 0.25) is 0 Å². The molecule has 0 atom stereocenters. The molecule has 2 aromatic heterocycles. The molecule has 0 amide bonds. The zero-order valence-electron chi connectivity index (χ0n) is 45.2. The van der Waals surface area contributed by atoms with E-state index in [0.717, 1.165) is 45.0 Å². The maximum atomic E-state index is 6.78. The van der Waals surface area contributed by atoms with E-state index in [1.807, 2.05) is 18.3 Å². The molecule has 73 heavy (non-hydrogen) atoms. The quantitative estimate of drug-likeness (QED) is 0.135. The second kappa shape index (κ2) is 19.5. The smallest absolute Gasteiger partial charge is 0.509 e. The van der Waals surface area contributed by atoms with Crippen LogP contribution in [0.15, 0.2) is 164 Å². The van der Waals surface area contributed by atoms with Crippen LogP contribution >= 0.6 is 0 Å². The molecule has 374 valence electrons. The molecule has 0 bridgehead atoms. The number of aromatic nitrogens is 2. The molecular weight excluding hydrogens is 1070 g/mol. The molecule has 5 nitrogen and oxygen atoms in total. The van der Waals surface area contributed by atoms with Crippen LogP contribution in [0.25, 0.3) is 27.6 Å². The zero-order valence-corrected chi connectivity index (χ0v) is 47.5. The van der Waals surface area contributed by atoms with Crippen molar-refractivity contribution >= 4 is 44.6 Å². The summed E-state index contributed by atoms with van der Waals surface area (Å²) in [6.45, 7) is 31.9. The maximum absolute atomic E-state index is 6.78. The summed E-state index contributed by atoms with van der Waals surface area (Å²) in [4.78, 5) is 9.56. The summed E-state index contributed by atoms with van der Waals surface area (Å²) >= 11 is 0. The van der Waals surface area contributed by atoms with E-state index in [1.165, 1.54) is 44.3 Å². The van der Waals surface area contributed by atoms with Crippen LogP contribution in [-0.2, 0) is 48.1 Å². The average Bonchev–Trinajstić information content (AvgIpc) is 3.89. The second-order valence-corrected chi connectivity index (χ2v) is 23.6. The molecule has 7 aromatic carbocycles. The molecule has 0 N–H and O–H groups in total. The van der Waals surface area contributed by atoms with Crippen LogP contribution < -0.4 is 14.5 Å². The van der Waals surface area contributed by atoms with E-state index >= 15 is 0 Å². The van der Waals surface area contributed by atoms with Gasteiger partial charge < -0.3 is 26.5 Å². The largest absolute Gasteiger partial charge is 4.00 e. The summed E-state index contributed by atoms with van der Waals surface area (Å²) < 4.78 is 9.02. The van der Waals surface area contributed by atoms with Crippen molar-refractivity contribution in [2.24, 2.45) is 0 Å². The maximum Gasteiger partial charge on any atom is 4.00 e. The second-order valence-electron chi connectivity index (χ2n) is 23.6. The van der Waals surface area contributed by atoms with E-state index in [-0.39, 0.29) is 55.6 Å². The minimum atomic E-state index is -0.273. The van der Waals surface area contributed by atoms with E-state index in [1.54, 1.807) is 0 Å². The van der Waals surface area contributed by atoms with Gasteiger partial charge in [-0.15, -0.1) is 48.1 Å². The summed E-state index contributed by atoms with van der Waals surface area (Å²) in [6.07, 6.45) is 1.92. The number of anilines is 4. The van der Waals surface area contributed by atoms with E-state index in [2.05, 4.69) is 269 Å². The van der Waals surface area contributed by atoms with Crippen LogP contribution in [0.4, 0.5) is 22.7 Å². The Bertz CT molecular complexity index is 3370. The Balaban J connectivity index is 0.00000356. The van der Waals surface area contributed by atoms with E-state index < -0.39 is 0 Å². The molecule has 10 rings (SSSR count). The molecule has 9 aromatic rings. The molecule has 6 heteroatoms. The molecule has 0 saturated heterocycles. The van der Waals surface area contributed by atoms with Gasteiger partial charge in [-0.2, -0.15) is 12.1 Å². The van der Waals surface area contributed by atoms with Gasteiger partial charge in [-0.05, 0) is 103 Å². The Morgan fingerprint density at radius 1 is 0.452 bits per heavy atom. The summed E-state index contributed by atoms with van der Waals surface area (Å²) in [5.74, 6) is 2.06. The van der Waals surface area contributed by atoms with E-state index in [4.69, 9.17) is 9.72 Å². The third-order valence-electron chi connectivity index (χ3n) is 14.8. The number of ether oxygens (including phenoxy) is 1. The fourth-order valence-corrected chi connectivity index (χ4v) is 9.99. The van der Waals surface area contributed by atoms with Crippen molar-refractivity contribution in [3.63, 3.8) is 0 Å². The molecule has 1 aliphatic heterocycles. The van der Waals surface area contributed by atoms with Crippen LogP contribution in [0, 0.1) is 26.2 Å². The first-order valence-corrected chi connectivity index (χ1v) is 25.1. The predicted octanol–water partition coefficient (Wildman–Crippen LogP) is 18.0. The average molecular weight is 1140 g/mol. The Morgan fingerprint density at radius 3 is 1.62 bits per heavy atom. The number of nitrogens with zero attached hydrogens (tertiary/aromatic N) is 4. The standard InChI is InChI=1S/C66H67N4O.CH3.Pt/c1-62(2,3)46-27-31-57-56(38-46)55-30-29-54(42-59(55)70(57)61-40-48(33-34-67-61)64(7,8)9)71-53-26-20-25-51(41-53)68-43-69(60-39-47(63(4,5)6)28-32-58(60)68)52-36-49(65(10,11)44-21-16-14-17-22-44)35-50(37-52)66(12,13)45-23-18-15-19-24-45;;/h14-40,43H,1-13H3;1H3;/q-3;-1;+4. The molecular formula is C67H70N4OPt. The Kier molecular flexibility index (Phi) is 14.1. The number of hydrogen-bond acceptors (Lipinski definition) is 4. The minimum absolute atomic E-state index is 0. The molecule has 0 unspecified atom stereocenters. The van der Waals surface area contributed by atoms with Gasteiger partial charge >= 0.3 is 21.1 Å². The van der Waals surface area contributed by atoms with Crippen LogP contribution in [0.3, 0.4) is 0 Å². The number of hydrogen-bond donors (Lipinski definition) is 0. The Hall–Kier alpha value is -6.42. The minimum Gasteiger partial charge on any atom is -0.509 e. The Morgan fingerprint density at radius 2 is 1.01 bits per heavy atom. The molecule has 1 aliphatic rings. The first-order chi connectivity index (χ1) is 33.6. The third kappa shape index (κ3) is 10.0. The fraction of sp³-hybridized carbons (Fsp3) is 0.269. The van der Waals surface area contributed by atoms with Gasteiger partial charge in [0.05, 0.1) is 0 Å². The first-order valence-electron chi connectivity index (χ1n) is 25.1. The molecule has 0 spiro atoms. The van der Waals surface area contributed by atoms with Gasteiger partial charge in [0.2, 0.25) is 0 Å². The number of rotatable bonds is 9. The van der Waals surface area contributed by atoms with Gasteiger partial charge in [-0.25, -0.2) is 4.98 Å². The number of benzene rings is 7. The van der Waals surface area contributed by atoms with Gasteiger partial charge in [0.15, 0.2) is 0 Å². The van der Waals surface area contributed by atoms with Crippen molar-refractivity contribution in [3.05, 3.63) is 229 Å². The molecule has 3 heterocycles. The van der Waals surface area contributed by atoms with Gasteiger partial charge in [0.1, 0.15) is 5.82 Å². The number of fused-ring (bicyclic) bond motifs is 4. The summed E-state index contributed by atoms with van der Waals surface area (Å²) in [5.41, 5.74) is 14.3. The van der Waals surface area contributed by atoms with Gasteiger partial charge in [0.25, 0.3) is 0 Å². The van der Waals surface area contributed by atoms with Crippen molar-refractivity contribution in [1.82, 2.24) is 9.55 Å². The van der Waals surface area contributed by atoms with Crippen LogP contribution in [0.5, 0.6) is 11.5 Å².